The summed E-state index contributed by atoms with van der Waals surface area (Å²) in [5, 5.41) is 14.5. The number of anilines is 2. The second-order valence-electron chi connectivity index (χ2n) is 4.16. The maximum Gasteiger partial charge on any atom is 0.323 e. The number of amides is 2. The number of aliphatic hydroxyl groups excluding tert-OH is 1. The monoisotopic (exact) mass is 416 g/mol. The van der Waals surface area contributed by atoms with E-state index in [9.17, 15) is 14.3 Å². The lowest BCUT2D eigenvalue weighted by Gasteiger charge is -2.13. The Morgan fingerprint density at radius 3 is 2.62 bits per heavy atom. The number of benzene rings is 2. The number of rotatable bonds is 3. The Bertz CT molecular complexity index is 680. The summed E-state index contributed by atoms with van der Waals surface area (Å²) >= 11 is 6.62. The second kappa shape index (κ2) is 7.02. The van der Waals surface area contributed by atoms with E-state index in [2.05, 4.69) is 42.5 Å². The van der Waals surface area contributed by atoms with Crippen LogP contribution in [0.5, 0.6) is 0 Å². The minimum Gasteiger partial charge on any atom is -0.392 e. The number of hydrogen-bond acceptors (Lipinski definition) is 2. The van der Waals surface area contributed by atoms with Crippen molar-refractivity contribution in [3.8, 4) is 0 Å². The highest BCUT2D eigenvalue weighted by Crippen LogP contribution is 2.29. The summed E-state index contributed by atoms with van der Waals surface area (Å²) in [5.74, 6) is -0.436. The van der Waals surface area contributed by atoms with E-state index < -0.39 is 11.8 Å². The van der Waals surface area contributed by atoms with Crippen LogP contribution >= 0.6 is 31.9 Å². The van der Waals surface area contributed by atoms with Crippen LogP contribution in [0.2, 0.25) is 0 Å². The van der Waals surface area contributed by atoms with Crippen LogP contribution in [0.4, 0.5) is 20.6 Å². The van der Waals surface area contributed by atoms with Crippen molar-refractivity contribution in [3.63, 3.8) is 0 Å². The molecule has 2 rings (SSSR count). The van der Waals surface area contributed by atoms with Gasteiger partial charge >= 0.3 is 6.03 Å². The summed E-state index contributed by atoms with van der Waals surface area (Å²) in [4.78, 5) is 11.9. The van der Waals surface area contributed by atoms with Gasteiger partial charge in [-0.25, -0.2) is 9.18 Å². The topological polar surface area (TPSA) is 61.4 Å². The Kier molecular flexibility index (Phi) is 5.33. The lowest BCUT2D eigenvalue weighted by molar-refractivity contribution is 0.262. The molecule has 0 saturated carbocycles. The molecule has 0 aromatic heterocycles. The molecular formula is C14H11Br2FN2O2. The first-order chi connectivity index (χ1) is 9.99. The molecule has 0 saturated heterocycles. The normalized spacial score (nSPS) is 10.3. The molecule has 0 radical (unpaired) electrons. The standard InChI is InChI=1S/C14H11Br2FN2O2/c15-8-4-12(16)11(7-20)13(5-8)19-14(21)18-10-3-1-2-9(17)6-10/h1-6,20H,7H2,(H2,18,19,21). The van der Waals surface area contributed by atoms with Crippen molar-refractivity contribution >= 4 is 49.3 Å². The van der Waals surface area contributed by atoms with Gasteiger partial charge in [-0.05, 0) is 30.3 Å². The highest BCUT2D eigenvalue weighted by molar-refractivity contribution is 9.11. The van der Waals surface area contributed by atoms with Crippen molar-refractivity contribution in [2.24, 2.45) is 0 Å². The molecular weight excluding hydrogens is 407 g/mol. The van der Waals surface area contributed by atoms with E-state index in [0.29, 0.717) is 21.4 Å². The predicted octanol–water partition coefficient (Wildman–Crippen LogP) is 4.49. The first-order valence-corrected chi connectivity index (χ1v) is 7.50. The van der Waals surface area contributed by atoms with E-state index in [4.69, 9.17) is 0 Å². The smallest absolute Gasteiger partial charge is 0.323 e. The number of urea groups is 1. The van der Waals surface area contributed by atoms with Gasteiger partial charge in [0, 0.05) is 20.2 Å². The molecule has 110 valence electrons. The largest absolute Gasteiger partial charge is 0.392 e. The van der Waals surface area contributed by atoms with Crippen molar-refractivity contribution in [1.29, 1.82) is 0 Å². The summed E-state index contributed by atoms with van der Waals surface area (Å²) in [6.07, 6.45) is 0. The fraction of sp³-hybridized carbons (Fsp3) is 0.0714. The third-order valence-electron chi connectivity index (χ3n) is 2.65. The van der Waals surface area contributed by atoms with Crippen LogP contribution in [0.3, 0.4) is 0 Å². The molecule has 0 atom stereocenters. The molecule has 0 aliphatic carbocycles. The zero-order chi connectivity index (χ0) is 15.4. The highest BCUT2D eigenvalue weighted by Gasteiger charge is 2.11. The van der Waals surface area contributed by atoms with Gasteiger partial charge in [-0.1, -0.05) is 37.9 Å². The fourth-order valence-electron chi connectivity index (χ4n) is 1.73. The van der Waals surface area contributed by atoms with E-state index >= 15 is 0 Å². The molecule has 2 aromatic rings. The van der Waals surface area contributed by atoms with Crippen LogP contribution in [-0.4, -0.2) is 11.1 Å². The second-order valence-corrected chi connectivity index (χ2v) is 5.93. The van der Waals surface area contributed by atoms with E-state index in [0.717, 1.165) is 4.47 Å². The molecule has 0 bridgehead atoms. The minimum atomic E-state index is -0.527. The van der Waals surface area contributed by atoms with Crippen molar-refractivity contribution in [3.05, 3.63) is 56.7 Å². The van der Waals surface area contributed by atoms with E-state index in [1.165, 1.54) is 18.2 Å². The average Bonchev–Trinajstić information content (AvgIpc) is 2.37. The number of halogens is 3. The van der Waals surface area contributed by atoms with Gasteiger partial charge in [0.05, 0.1) is 12.3 Å². The minimum absolute atomic E-state index is 0.233. The van der Waals surface area contributed by atoms with Crippen LogP contribution in [0, 0.1) is 5.82 Å². The number of hydrogen-bond donors (Lipinski definition) is 3. The lowest BCUT2D eigenvalue weighted by atomic mass is 10.2. The Morgan fingerprint density at radius 2 is 1.95 bits per heavy atom. The van der Waals surface area contributed by atoms with Crippen LogP contribution in [0.15, 0.2) is 45.3 Å². The van der Waals surface area contributed by atoms with Gasteiger partial charge < -0.3 is 15.7 Å². The van der Waals surface area contributed by atoms with E-state index in [1.54, 1.807) is 18.2 Å². The van der Waals surface area contributed by atoms with Gasteiger partial charge in [0.15, 0.2) is 0 Å². The van der Waals surface area contributed by atoms with Gasteiger partial charge in [-0.15, -0.1) is 0 Å². The first-order valence-electron chi connectivity index (χ1n) is 5.92. The Hall–Kier alpha value is -1.44. The lowest BCUT2D eigenvalue weighted by Crippen LogP contribution is -2.20. The van der Waals surface area contributed by atoms with Gasteiger partial charge in [0.25, 0.3) is 0 Å². The summed E-state index contributed by atoms with van der Waals surface area (Å²) in [5.41, 5.74) is 1.34. The zero-order valence-electron chi connectivity index (χ0n) is 10.7. The average molecular weight is 418 g/mol. The quantitative estimate of drug-likeness (QED) is 0.689. The van der Waals surface area contributed by atoms with Crippen LogP contribution in [-0.2, 0) is 6.61 Å². The molecule has 0 unspecified atom stereocenters. The van der Waals surface area contributed by atoms with Gasteiger partial charge in [0.2, 0.25) is 0 Å². The maximum atomic E-state index is 13.1. The fourth-order valence-corrected chi connectivity index (χ4v) is 3.08. The summed E-state index contributed by atoms with van der Waals surface area (Å²) in [7, 11) is 0. The number of nitrogens with one attached hydrogen (secondary N) is 2. The Balaban J connectivity index is 2.16. The van der Waals surface area contributed by atoms with Crippen molar-refractivity contribution in [1.82, 2.24) is 0 Å². The zero-order valence-corrected chi connectivity index (χ0v) is 13.8. The van der Waals surface area contributed by atoms with Gasteiger partial charge in [-0.2, -0.15) is 0 Å². The maximum absolute atomic E-state index is 13.1. The number of carbonyl (C=O) groups excluding carboxylic acids is 1. The van der Waals surface area contributed by atoms with Gasteiger partial charge in [-0.3, -0.25) is 0 Å². The molecule has 2 aromatic carbocycles. The molecule has 7 heteroatoms. The molecule has 0 aliphatic rings. The molecule has 0 heterocycles. The molecule has 0 fully saturated rings. The van der Waals surface area contributed by atoms with Crippen LogP contribution in [0.25, 0.3) is 0 Å². The van der Waals surface area contributed by atoms with Gasteiger partial charge in [0.1, 0.15) is 5.82 Å². The summed E-state index contributed by atoms with van der Waals surface area (Å²) in [6, 6.07) is 8.48. The Labute approximate surface area is 137 Å². The van der Waals surface area contributed by atoms with Crippen LogP contribution < -0.4 is 10.6 Å². The molecule has 2 amide bonds. The van der Waals surface area contributed by atoms with E-state index in [-0.39, 0.29) is 6.61 Å². The number of aliphatic hydroxyl groups is 1. The predicted molar refractivity (Wildman–Crippen MR) is 86.8 cm³/mol. The SMILES string of the molecule is O=C(Nc1cccc(F)c1)Nc1cc(Br)cc(Br)c1CO. The first kappa shape index (κ1) is 15.9. The number of carbonyl (C=O) groups is 1. The molecule has 0 aliphatic heterocycles. The van der Waals surface area contributed by atoms with Crippen molar-refractivity contribution < 1.29 is 14.3 Å². The van der Waals surface area contributed by atoms with Crippen molar-refractivity contribution in [2.75, 3.05) is 10.6 Å². The Morgan fingerprint density at radius 1 is 1.19 bits per heavy atom. The molecule has 0 spiro atoms. The third-order valence-corrected chi connectivity index (χ3v) is 3.81. The third kappa shape index (κ3) is 4.26. The van der Waals surface area contributed by atoms with Crippen LogP contribution in [0.1, 0.15) is 5.56 Å². The molecule has 21 heavy (non-hydrogen) atoms. The van der Waals surface area contributed by atoms with E-state index in [1.807, 2.05) is 0 Å². The molecule has 3 N–H and O–H groups in total. The highest BCUT2D eigenvalue weighted by atomic mass is 79.9. The summed E-state index contributed by atoms with van der Waals surface area (Å²) < 4.78 is 14.5. The summed E-state index contributed by atoms with van der Waals surface area (Å²) in [6.45, 7) is -0.233. The molecule has 4 nitrogen and oxygen atoms in total. The van der Waals surface area contributed by atoms with Crippen molar-refractivity contribution in [2.45, 2.75) is 6.61 Å².